The Bertz CT molecular complexity index is 730. The van der Waals surface area contributed by atoms with Crippen molar-refractivity contribution < 1.29 is 19.1 Å². The maximum Gasteiger partial charge on any atom is 0.246 e. The molecule has 0 aromatic heterocycles. The van der Waals surface area contributed by atoms with E-state index >= 15 is 0 Å². The zero-order valence-electron chi connectivity index (χ0n) is 17.7. The third kappa shape index (κ3) is 5.60. The fourth-order valence-electron chi connectivity index (χ4n) is 4.13. The van der Waals surface area contributed by atoms with Crippen LogP contribution in [0.25, 0.3) is 6.08 Å². The molecule has 29 heavy (non-hydrogen) atoms. The van der Waals surface area contributed by atoms with Crippen LogP contribution >= 0.6 is 0 Å². The van der Waals surface area contributed by atoms with Gasteiger partial charge in [-0.1, -0.05) is 18.2 Å². The van der Waals surface area contributed by atoms with Crippen molar-refractivity contribution in [2.45, 2.75) is 45.8 Å². The molecule has 2 unspecified atom stereocenters. The minimum atomic E-state index is -0.0178. The fraction of sp³-hybridized carbons (Fsp3) is 0.565. The molecule has 2 saturated heterocycles. The summed E-state index contributed by atoms with van der Waals surface area (Å²) in [6, 6.07) is 7.68. The Morgan fingerprint density at radius 1 is 1.10 bits per heavy atom. The Balaban J connectivity index is 1.52. The number of amides is 2. The van der Waals surface area contributed by atoms with Gasteiger partial charge in [0.25, 0.3) is 0 Å². The standard InChI is InChI=1S/C23H32N2O4/c1-4-28-21-8-6-5-7-19(21)9-10-22(26)24-13-11-20(12-14-24)23(27)25-15-17(2)29-18(3)16-25/h5-10,17-18,20H,4,11-16H2,1-3H3. The number of morpholine rings is 1. The highest BCUT2D eigenvalue weighted by atomic mass is 16.5. The predicted molar refractivity (Wildman–Crippen MR) is 113 cm³/mol. The molecule has 158 valence electrons. The maximum absolute atomic E-state index is 12.9. The molecule has 0 saturated carbocycles. The van der Waals surface area contributed by atoms with E-state index < -0.39 is 0 Å². The average Bonchev–Trinajstić information content (AvgIpc) is 2.72. The molecular weight excluding hydrogens is 368 g/mol. The summed E-state index contributed by atoms with van der Waals surface area (Å²) in [6.45, 7) is 9.08. The van der Waals surface area contributed by atoms with Crippen molar-refractivity contribution in [3.63, 3.8) is 0 Å². The van der Waals surface area contributed by atoms with Gasteiger partial charge in [0.15, 0.2) is 0 Å². The van der Waals surface area contributed by atoms with Gasteiger partial charge in [-0.3, -0.25) is 9.59 Å². The summed E-state index contributed by atoms with van der Waals surface area (Å²) in [5.41, 5.74) is 0.892. The lowest BCUT2D eigenvalue weighted by Gasteiger charge is -2.39. The molecule has 2 amide bonds. The van der Waals surface area contributed by atoms with E-state index in [1.165, 1.54) is 0 Å². The Kier molecular flexibility index (Phi) is 7.31. The minimum Gasteiger partial charge on any atom is -0.493 e. The van der Waals surface area contributed by atoms with Crippen LogP contribution in [0.15, 0.2) is 30.3 Å². The van der Waals surface area contributed by atoms with Crippen LogP contribution in [0.4, 0.5) is 0 Å². The molecule has 3 rings (SSSR count). The van der Waals surface area contributed by atoms with Crippen molar-refractivity contribution in [2.24, 2.45) is 5.92 Å². The highest BCUT2D eigenvalue weighted by Crippen LogP contribution is 2.23. The van der Waals surface area contributed by atoms with Gasteiger partial charge in [-0.15, -0.1) is 0 Å². The number of ether oxygens (including phenoxy) is 2. The number of hydrogen-bond acceptors (Lipinski definition) is 4. The van der Waals surface area contributed by atoms with Gasteiger partial charge in [-0.2, -0.15) is 0 Å². The molecule has 1 aromatic carbocycles. The van der Waals surface area contributed by atoms with Crippen molar-refractivity contribution in [1.82, 2.24) is 9.80 Å². The van der Waals surface area contributed by atoms with Crippen molar-refractivity contribution in [1.29, 1.82) is 0 Å². The third-order valence-corrected chi connectivity index (χ3v) is 5.51. The molecule has 1 aromatic rings. The van der Waals surface area contributed by atoms with Gasteiger partial charge in [-0.25, -0.2) is 0 Å². The number of nitrogens with zero attached hydrogens (tertiary/aromatic N) is 2. The molecule has 0 N–H and O–H groups in total. The number of para-hydroxylation sites is 1. The number of hydrogen-bond donors (Lipinski definition) is 0. The van der Waals surface area contributed by atoms with E-state index in [0.717, 1.165) is 11.3 Å². The topological polar surface area (TPSA) is 59.1 Å². The Labute approximate surface area is 173 Å². The van der Waals surface area contributed by atoms with Gasteiger partial charge >= 0.3 is 0 Å². The first-order chi connectivity index (χ1) is 14.0. The van der Waals surface area contributed by atoms with E-state index in [1.54, 1.807) is 12.2 Å². The van der Waals surface area contributed by atoms with Crippen molar-refractivity contribution >= 4 is 17.9 Å². The number of likely N-dealkylation sites (tertiary alicyclic amines) is 1. The summed E-state index contributed by atoms with van der Waals surface area (Å²) < 4.78 is 11.3. The SMILES string of the molecule is CCOc1ccccc1C=CC(=O)N1CCC(C(=O)N2CC(C)OC(C)C2)CC1. The van der Waals surface area contributed by atoms with Crippen LogP contribution in [0.2, 0.25) is 0 Å². The number of piperidine rings is 1. The third-order valence-electron chi connectivity index (χ3n) is 5.51. The molecule has 6 heteroatoms. The lowest BCUT2D eigenvalue weighted by Crippen LogP contribution is -2.51. The minimum absolute atomic E-state index is 0.000732. The fourth-order valence-corrected chi connectivity index (χ4v) is 4.13. The predicted octanol–water partition coefficient (Wildman–Crippen LogP) is 2.97. The molecule has 2 heterocycles. The zero-order valence-corrected chi connectivity index (χ0v) is 17.7. The van der Waals surface area contributed by atoms with Gasteiger partial charge in [0, 0.05) is 43.7 Å². The van der Waals surface area contributed by atoms with Crippen LogP contribution in [0, 0.1) is 5.92 Å². The van der Waals surface area contributed by atoms with Crippen LogP contribution in [0.1, 0.15) is 39.2 Å². The first-order valence-corrected chi connectivity index (χ1v) is 10.6. The molecule has 0 radical (unpaired) electrons. The smallest absolute Gasteiger partial charge is 0.246 e. The van der Waals surface area contributed by atoms with Gasteiger partial charge in [0.2, 0.25) is 11.8 Å². The van der Waals surface area contributed by atoms with Gasteiger partial charge in [0.05, 0.1) is 18.8 Å². The van der Waals surface area contributed by atoms with E-state index in [0.29, 0.717) is 45.6 Å². The Morgan fingerprint density at radius 3 is 2.41 bits per heavy atom. The lowest BCUT2D eigenvalue weighted by molar-refractivity contribution is -0.149. The summed E-state index contributed by atoms with van der Waals surface area (Å²) in [5.74, 6) is 0.965. The van der Waals surface area contributed by atoms with E-state index in [1.807, 2.05) is 54.8 Å². The average molecular weight is 401 g/mol. The molecule has 0 spiro atoms. The quantitative estimate of drug-likeness (QED) is 0.713. The Morgan fingerprint density at radius 2 is 1.76 bits per heavy atom. The summed E-state index contributed by atoms with van der Waals surface area (Å²) in [5, 5.41) is 0. The van der Waals surface area contributed by atoms with E-state index in [2.05, 4.69) is 0 Å². The molecule has 2 aliphatic heterocycles. The number of carbonyl (C=O) groups is 2. The van der Waals surface area contributed by atoms with Crippen LogP contribution in [-0.2, 0) is 14.3 Å². The molecule has 6 nitrogen and oxygen atoms in total. The van der Waals surface area contributed by atoms with E-state index in [4.69, 9.17) is 9.47 Å². The van der Waals surface area contributed by atoms with Crippen LogP contribution in [-0.4, -0.2) is 66.6 Å². The second kappa shape index (κ2) is 9.92. The largest absolute Gasteiger partial charge is 0.493 e. The molecule has 2 aliphatic rings. The highest BCUT2D eigenvalue weighted by molar-refractivity contribution is 5.92. The molecule has 0 bridgehead atoms. The normalized spacial score (nSPS) is 23.4. The molecule has 2 atom stereocenters. The summed E-state index contributed by atoms with van der Waals surface area (Å²) >= 11 is 0. The van der Waals surface area contributed by atoms with Crippen molar-refractivity contribution in [2.75, 3.05) is 32.8 Å². The van der Waals surface area contributed by atoms with Gasteiger partial charge in [0.1, 0.15) is 5.75 Å². The van der Waals surface area contributed by atoms with Crippen LogP contribution in [0.5, 0.6) is 5.75 Å². The van der Waals surface area contributed by atoms with E-state index in [9.17, 15) is 9.59 Å². The van der Waals surface area contributed by atoms with Crippen LogP contribution in [0.3, 0.4) is 0 Å². The molecule has 2 fully saturated rings. The van der Waals surface area contributed by atoms with Crippen LogP contribution < -0.4 is 4.74 Å². The Hall–Kier alpha value is -2.34. The number of benzene rings is 1. The monoisotopic (exact) mass is 400 g/mol. The first-order valence-electron chi connectivity index (χ1n) is 10.6. The molecular formula is C23H32N2O4. The summed E-state index contributed by atoms with van der Waals surface area (Å²) in [7, 11) is 0. The second-order valence-corrected chi connectivity index (χ2v) is 7.90. The summed E-state index contributed by atoms with van der Waals surface area (Å²) in [6.07, 6.45) is 5.00. The highest BCUT2D eigenvalue weighted by Gasteiger charge is 2.33. The lowest BCUT2D eigenvalue weighted by atomic mass is 9.94. The van der Waals surface area contributed by atoms with Gasteiger partial charge < -0.3 is 19.3 Å². The maximum atomic E-state index is 12.9. The van der Waals surface area contributed by atoms with Crippen molar-refractivity contribution in [3.8, 4) is 5.75 Å². The zero-order chi connectivity index (χ0) is 20.8. The number of rotatable bonds is 5. The summed E-state index contributed by atoms with van der Waals surface area (Å²) in [4.78, 5) is 29.2. The van der Waals surface area contributed by atoms with E-state index in [-0.39, 0.29) is 29.9 Å². The second-order valence-electron chi connectivity index (χ2n) is 7.90. The van der Waals surface area contributed by atoms with Gasteiger partial charge in [-0.05, 0) is 45.8 Å². The number of carbonyl (C=O) groups excluding carboxylic acids is 2. The van der Waals surface area contributed by atoms with Crippen molar-refractivity contribution in [3.05, 3.63) is 35.9 Å². The first kappa shape index (κ1) is 21.4. The molecule has 0 aliphatic carbocycles.